The van der Waals surface area contributed by atoms with Crippen LogP contribution in [0.5, 0.6) is 5.75 Å². The van der Waals surface area contributed by atoms with Crippen LogP contribution in [0.15, 0.2) is 69.1 Å². The smallest absolute Gasteiger partial charge is 0.271 e. The summed E-state index contributed by atoms with van der Waals surface area (Å²) in [6.45, 7) is 3.48. The number of nitro groups is 1. The molecular weight excluding hydrogens is 608 g/mol. The van der Waals surface area contributed by atoms with Gasteiger partial charge in [0, 0.05) is 33.5 Å². The molecule has 0 fully saturated rings. The van der Waals surface area contributed by atoms with E-state index in [0.29, 0.717) is 20.2 Å². The Bertz CT molecular complexity index is 1460. The number of benzene rings is 3. The highest BCUT2D eigenvalue weighted by Gasteiger charge is 2.16. The highest BCUT2D eigenvalue weighted by molar-refractivity contribution is 9.11. The molecule has 3 rings (SSSR count). The van der Waals surface area contributed by atoms with E-state index in [1.807, 2.05) is 38.1 Å². The highest BCUT2D eigenvalue weighted by Crippen LogP contribution is 2.34. The summed E-state index contributed by atoms with van der Waals surface area (Å²) in [4.78, 5) is 35.7. The molecule has 0 aliphatic carbocycles. The molecule has 0 saturated carbocycles. The Hall–Kier alpha value is -4.01. The van der Waals surface area contributed by atoms with Gasteiger partial charge in [-0.15, -0.1) is 0 Å². The molecule has 0 aliphatic rings. The zero-order chi connectivity index (χ0) is 27.1. The van der Waals surface area contributed by atoms with Crippen molar-refractivity contribution in [1.29, 1.82) is 5.26 Å². The average Bonchev–Trinajstić information content (AvgIpc) is 2.84. The molecule has 0 aromatic heterocycles. The van der Waals surface area contributed by atoms with E-state index in [4.69, 9.17) is 4.74 Å². The summed E-state index contributed by atoms with van der Waals surface area (Å²) in [5.74, 6) is -0.907. The molecule has 0 radical (unpaired) electrons. The first-order valence-corrected chi connectivity index (χ1v) is 12.3. The van der Waals surface area contributed by atoms with Gasteiger partial charge in [-0.05, 0) is 71.2 Å². The lowest BCUT2D eigenvalue weighted by Gasteiger charge is -2.14. The first kappa shape index (κ1) is 27.6. The molecule has 0 spiro atoms. The van der Waals surface area contributed by atoms with Crippen molar-refractivity contribution in [3.05, 3.63) is 95.9 Å². The second kappa shape index (κ2) is 12.3. The van der Waals surface area contributed by atoms with Gasteiger partial charge in [0.25, 0.3) is 17.5 Å². The summed E-state index contributed by atoms with van der Waals surface area (Å²) >= 11 is 6.77. The second-order valence-electron chi connectivity index (χ2n) is 7.89. The van der Waals surface area contributed by atoms with Gasteiger partial charge in [-0.25, -0.2) is 0 Å². The molecule has 2 N–H and O–H groups in total. The fourth-order valence-electron chi connectivity index (χ4n) is 3.23. The number of halogens is 2. The second-order valence-corrected chi connectivity index (χ2v) is 9.66. The SMILES string of the molecule is Cc1ccc(C)c(NC(=O)COc2c(Br)cc(Br)cc2/C=C(/C#N)C(=O)Nc2cccc([N+](=O)[O-])c2)c1. The third-order valence-corrected chi connectivity index (χ3v) is 6.08. The van der Waals surface area contributed by atoms with Gasteiger partial charge in [-0.3, -0.25) is 19.7 Å². The monoisotopic (exact) mass is 626 g/mol. The number of aryl methyl sites for hydroxylation is 2. The summed E-state index contributed by atoms with van der Waals surface area (Å²) in [6.07, 6.45) is 1.31. The lowest BCUT2D eigenvalue weighted by molar-refractivity contribution is -0.384. The average molecular weight is 628 g/mol. The van der Waals surface area contributed by atoms with Crippen LogP contribution in [-0.4, -0.2) is 23.3 Å². The number of carbonyl (C=O) groups is 2. The number of amides is 2. The Morgan fingerprint density at radius 1 is 1.11 bits per heavy atom. The van der Waals surface area contributed by atoms with Crippen LogP contribution < -0.4 is 15.4 Å². The fraction of sp³-hybridized carbons (Fsp3) is 0.115. The van der Waals surface area contributed by atoms with Crippen LogP contribution in [0.25, 0.3) is 6.08 Å². The first-order valence-electron chi connectivity index (χ1n) is 10.7. The van der Waals surface area contributed by atoms with Crippen molar-refractivity contribution < 1.29 is 19.2 Å². The van der Waals surface area contributed by atoms with Crippen LogP contribution in [-0.2, 0) is 9.59 Å². The number of carbonyl (C=O) groups excluding carboxylic acids is 2. The van der Waals surface area contributed by atoms with Gasteiger partial charge in [0.05, 0.1) is 9.40 Å². The standard InChI is InChI=1S/C26H20Br2N4O5/c1-15-6-7-16(2)23(8-15)31-24(33)14-37-25-17(10-19(27)11-22(25)28)9-18(13-29)26(34)30-20-4-3-5-21(12-20)32(35)36/h3-12H,14H2,1-2H3,(H,30,34)(H,31,33)/b18-9-. The van der Waals surface area contributed by atoms with Crippen LogP contribution in [0.2, 0.25) is 0 Å². The summed E-state index contributed by atoms with van der Waals surface area (Å²) < 4.78 is 6.90. The summed E-state index contributed by atoms with van der Waals surface area (Å²) in [5, 5.41) is 25.9. The Kier molecular flexibility index (Phi) is 9.16. The van der Waals surface area contributed by atoms with Crippen molar-refractivity contribution in [1.82, 2.24) is 0 Å². The topological polar surface area (TPSA) is 134 Å². The van der Waals surface area contributed by atoms with E-state index in [1.165, 1.54) is 30.3 Å². The van der Waals surface area contributed by atoms with Crippen molar-refractivity contribution in [2.75, 3.05) is 17.2 Å². The van der Waals surface area contributed by atoms with Crippen molar-refractivity contribution in [3.8, 4) is 11.8 Å². The number of nitriles is 1. The maximum Gasteiger partial charge on any atom is 0.271 e. The lowest BCUT2D eigenvalue weighted by atomic mass is 10.1. The van der Waals surface area contributed by atoms with Crippen molar-refractivity contribution in [2.24, 2.45) is 0 Å². The van der Waals surface area contributed by atoms with E-state index >= 15 is 0 Å². The van der Waals surface area contributed by atoms with Crippen molar-refractivity contribution >= 4 is 66.8 Å². The summed E-state index contributed by atoms with van der Waals surface area (Å²) in [7, 11) is 0. The molecule has 0 aliphatic heterocycles. The number of hydrogen-bond donors (Lipinski definition) is 2. The third-order valence-electron chi connectivity index (χ3n) is 5.03. The number of nitro benzene ring substituents is 1. The van der Waals surface area contributed by atoms with Crippen molar-refractivity contribution in [2.45, 2.75) is 13.8 Å². The van der Waals surface area contributed by atoms with Gasteiger partial charge in [-0.1, -0.05) is 34.1 Å². The van der Waals surface area contributed by atoms with Gasteiger partial charge in [0.15, 0.2) is 6.61 Å². The number of ether oxygens (including phenoxy) is 1. The predicted octanol–water partition coefficient (Wildman–Crippen LogP) is 6.30. The van der Waals surface area contributed by atoms with Gasteiger partial charge in [-0.2, -0.15) is 5.26 Å². The molecule has 0 unspecified atom stereocenters. The third kappa shape index (κ3) is 7.49. The van der Waals surface area contributed by atoms with E-state index in [0.717, 1.165) is 11.1 Å². The lowest BCUT2D eigenvalue weighted by Crippen LogP contribution is -2.21. The Balaban J connectivity index is 1.82. The summed E-state index contributed by atoms with van der Waals surface area (Å²) in [6, 6.07) is 16.2. The summed E-state index contributed by atoms with van der Waals surface area (Å²) in [5.41, 5.74) is 2.61. The van der Waals surface area contributed by atoms with Gasteiger partial charge in [0.2, 0.25) is 0 Å². The number of nitrogens with zero attached hydrogens (tertiary/aromatic N) is 2. The molecule has 3 aromatic carbocycles. The largest absolute Gasteiger partial charge is 0.482 e. The molecule has 11 heteroatoms. The normalized spacial score (nSPS) is 10.8. The number of hydrogen-bond acceptors (Lipinski definition) is 6. The number of nitrogens with one attached hydrogen (secondary N) is 2. The number of anilines is 2. The maximum atomic E-state index is 12.7. The molecule has 188 valence electrons. The van der Waals surface area contributed by atoms with Crippen LogP contribution in [0.3, 0.4) is 0 Å². The van der Waals surface area contributed by atoms with Gasteiger partial charge < -0.3 is 15.4 Å². The van der Waals surface area contributed by atoms with Crippen molar-refractivity contribution in [3.63, 3.8) is 0 Å². The fourth-order valence-corrected chi connectivity index (χ4v) is 4.61. The molecule has 9 nitrogen and oxygen atoms in total. The predicted molar refractivity (Wildman–Crippen MR) is 147 cm³/mol. The van der Waals surface area contributed by atoms with Gasteiger partial charge >= 0.3 is 0 Å². The van der Waals surface area contributed by atoms with Crippen LogP contribution in [0.1, 0.15) is 16.7 Å². The quantitative estimate of drug-likeness (QED) is 0.130. The maximum absolute atomic E-state index is 12.7. The molecule has 0 saturated heterocycles. The minimum absolute atomic E-state index is 0.162. The molecule has 3 aromatic rings. The van der Waals surface area contributed by atoms with Crippen LogP contribution >= 0.6 is 31.9 Å². The van der Waals surface area contributed by atoms with Crippen LogP contribution in [0, 0.1) is 35.3 Å². The molecule has 0 atom stereocenters. The Labute approximate surface area is 229 Å². The molecule has 37 heavy (non-hydrogen) atoms. The van der Waals surface area contributed by atoms with Crippen LogP contribution in [0.4, 0.5) is 17.1 Å². The van der Waals surface area contributed by atoms with E-state index in [9.17, 15) is 25.0 Å². The molecule has 2 amide bonds. The van der Waals surface area contributed by atoms with E-state index < -0.39 is 10.8 Å². The van der Waals surface area contributed by atoms with E-state index in [1.54, 1.807) is 12.1 Å². The zero-order valence-electron chi connectivity index (χ0n) is 19.7. The zero-order valence-corrected chi connectivity index (χ0v) is 22.8. The number of rotatable bonds is 8. The molecule has 0 bridgehead atoms. The molecular formula is C26H20Br2N4O5. The minimum Gasteiger partial charge on any atom is -0.482 e. The minimum atomic E-state index is -0.766. The molecule has 0 heterocycles. The van der Waals surface area contributed by atoms with Gasteiger partial charge in [0.1, 0.15) is 17.4 Å². The Morgan fingerprint density at radius 3 is 2.57 bits per heavy atom. The van der Waals surface area contributed by atoms with E-state index in [2.05, 4.69) is 42.5 Å². The first-order chi connectivity index (χ1) is 17.6. The Morgan fingerprint density at radius 2 is 1.86 bits per heavy atom. The van der Waals surface area contributed by atoms with E-state index in [-0.39, 0.29) is 35.2 Å². The number of non-ortho nitro benzene ring substituents is 1. The highest BCUT2D eigenvalue weighted by atomic mass is 79.9.